The third kappa shape index (κ3) is 5.29. The van der Waals surface area contributed by atoms with E-state index in [4.69, 9.17) is 21.1 Å². The molecule has 0 saturated carbocycles. The molecule has 5 nitrogen and oxygen atoms in total. The second-order valence-electron chi connectivity index (χ2n) is 5.84. The molecule has 0 aliphatic rings. The second kappa shape index (κ2) is 9.16. The lowest BCUT2D eigenvalue weighted by molar-refractivity contribution is 0.102. The van der Waals surface area contributed by atoms with E-state index in [1.54, 1.807) is 25.4 Å². The molecule has 1 heterocycles. The Morgan fingerprint density at radius 3 is 2.56 bits per heavy atom. The molecule has 0 atom stereocenters. The zero-order chi connectivity index (χ0) is 19.1. The van der Waals surface area contributed by atoms with Gasteiger partial charge in [0, 0.05) is 11.9 Å². The van der Waals surface area contributed by atoms with Crippen molar-refractivity contribution in [2.75, 3.05) is 12.4 Å². The van der Waals surface area contributed by atoms with E-state index >= 15 is 0 Å². The van der Waals surface area contributed by atoms with Crippen LogP contribution in [0.2, 0.25) is 5.15 Å². The van der Waals surface area contributed by atoms with E-state index in [-0.39, 0.29) is 11.1 Å². The van der Waals surface area contributed by atoms with Crippen LogP contribution in [-0.2, 0) is 18.0 Å². The van der Waals surface area contributed by atoms with Gasteiger partial charge in [0.05, 0.1) is 25.9 Å². The number of carbonyl (C=O) groups is 1. The predicted octanol–water partition coefficient (Wildman–Crippen LogP) is 4.71. The van der Waals surface area contributed by atoms with Crippen molar-refractivity contribution < 1.29 is 14.3 Å². The Kier molecular flexibility index (Phi) is 6.41. The summed E-state index contributed by atoms with van der Waals surface area (Å²) in [4.78, 5) is 16.2. The highest BCUT2D eigenvalue weighted by Crippen LogP contribution is 2.17. The smallest absolute Gasteiger partial charge is 0.258 e. The molecular formula is C21H19ClN2O3. The first-order valence-corrected chi connectivity index (χ1v) is 8.75. The van der Waals surface area contributed by atoms with E-state index in [2.05, 4.69) is 10.3 Å². The van der Waals surface area contributed by atoms with E-state index in [0.717, 1.165) is 16.9 Å². The molecular weight excluding hydrogens is 364 g/mol. The summed E-state index contributed by atoms with van der Waals surface area (Å²) in [5, 5.41) is 3.00. The number of methoxy groups -OCH3 is 1. The zero-order valence-electron chi connectivity index (χ0n) is 14.8. The summed E-state index contributed by atoms with van der Waals surface area (Å²) in [7, 11) is 1.64. The molecule has 0 fully saturated rings. The number of amides is 1. The van der Waals surface area contributed by atoms with Gasteiger partial charge in [0.2, 0.25) is 0 Å². The van der Waals surface area contributed by atoms with Gasteiger partial charge in [-0.05, 0) is 47.5 Å². The number of pyridine rings is 1. The standard InChI is InChI=1S/C21H19ClN2O3/c1-26-18-9-7-15(8-10-18)13-27-14-16-4-2-5-17(12-16)24-21(25)19-6-3-11-23-20(19)22/h2-12H,13-14H2,1H3,(H,24,25). The predicted molar refractivity (Wildman–Crippen MR) is 105 cm³/mol. The number of nitrogens with one attached hydrogen (secondary N) is 1. The maximum absolute atomic E-state index is 12.3. The number of ether oxygens (including phenoxy) is 2. The second-order valence-corrected chi connectivity index (χ2v) is 6.20. The number of benzene rings is 2. The van der Waals surface area contributed by atoms with Gasteiger partial charge in [0.15, 0.2) is 0 Å². The summed E-state index contributed by atoms with van der Waals surface area (Å²) < 4.78 is 10.9. The van der Waals surface area contributed by atoms with E-state index in [0.29, 0.717) is 24.5 Å². The fraction of sp³-hybridized carbons (Fsp3) is 0.143. The molecule has 0 saturated heterocycles. The largest absolute Gasteiger partial charge is 0.497 e. The Hall–Kier alpha value is -2.89. The van der Waals surface area contributed by atoms with Crippen molar-refractivity contribution in [2.24, 2.45) is 0 Å². The van der Waals surface area contributed by atoms with Crippen LogP contribution in [0.1, 0.15) is 21.5 Å². The van der Waals surface area contributed by atoms with Crippen molar-refractivity contribution in [2.45, 2.75) is 13.2 Å². The molecule has 3 aromatic rings. The minimum Gasteiger partial charge on any atom is -0.497 e. The monoisotopic (exact) mass is 382 g/mol. The van der Waals surface area contributed by atoms with Crippen LogP contribution in [0.5, 0.6) is 5.75 Å². The molecule has 6 heteroatoms. The number of hydrogen-bond donors (Lipinski definition) is 1. The van der Waals surface area contributed by atoms with Crippen molar-refractivity contribution in [3.8, 4) is 5.75 Å². The van der Waals surface area contributed by atoms with Crippen LogP contribution in [0, 0.1) is 0 Å². The Bertz CT molecular complexity index is 913. The zero-order valence-corrected chi connectivity index (χ0v) is 15.6. The number of hydrogen-bond acceptors (Lipinski definition) is 4. The Morgan fingerprint density at radius 1 is 1.04 bits per heavy atom. The highest BCUT2D eigenvalue weighted by Gasteiger charge is 2.11. The van der Waals surface area contributed by atoms with Crippen molar-refractivity contribution in [1.82, 2.24) is 4.98 Å². The van der Waals surface area contributed by atoms with Crippen LogP contribution in [0.4, 0.5) is 5.69 Å². The first-order valence-electron chi connectivity index (χ1n) is 8.37. The number of aromatic nitrogens is 1. The van der Waals surface area contributed by atoms with Gasteiger partial charge in [0.25, 0.3) is 5.91 Å². The molecule has 0 unspecified atom stereocenters. The number of anilines is 1. The Labute approximate surface area is 162 Å². The van der Waals surface area contributed by atoms with E-state index in [9.17, 15) is 4.79 Å². The van der Waals surface area contributed by atoms with Crippen molar-refractivity contribution in [3.63, 3.8) is 0 Å². The maximum atomic E-state index is 12.3. The number of halogens is 1. The van der Waals surface area contributed by atoms with Crippen LogP contribution in [-0.4, -0.2) is 18.0 Å². The van der Waals surface area contributed by atoms with E-state index in [1.807, 2.05) is 48.5 Å². The Morgan fingerprint density at radius 2 is 1.81 bits per heavy atom. The average Bonchev–Trinajstić information content (AvgIpc) is 2.69. The summed E-state index contributed by atoms with van der Waals surface area (Å²) in [5.74, 6) is 0.514. The van der Waals surface area contributed by atoms with Gasteiger partial charge < -0.3 is 14.8 Å². The molecule has 0 aliphatic heterocycles. The summed E-state index contributed by atoms with van der Waals surface area (Å²) in [6.45, 7) is 0.926. The molecule has 3 rings (SSSR count). The first kappa shape index (κ1) is 18.9. The normalized spacial score (nSPS) is 10.4. The van der Waals surface area contributed by atoms with E-state index < -0.39 is 0 Å². The number of carbonyl (C=O) groups excluding carboxylic acids is 1. The van der Waals surface area contributed by atoms with Crippen LogP contribution in [0.25, 0.3) is 0 Å². The van der Waals surface area contributed by atoms with Gasteiger partial charge in [-0.3, -0.25) is 4.79 Å². The van der Waals surface area contributed by atoms with Gasteiger partial charge >= 0.3 is 0 Å². The SMILES string of the molecule is COc1ccc(COCc2cccc(NC(=O)c3cccnc3Cl)c2)cc1. The summed E-state index contributed by atoms with van der Waals surface area (Å²) >= 11 is 5.96. The third-order valence-corrected chi connectivity index (χ3v) is 4.19. The maximum Gasteiger partial charge on any atom is 0.258 e. The Balaban J connectivity index is 1.57. The minimum absolute atomic E-state index is 0.175. The molecule has 1 amide bonds. The molecule has 1 aromatic heterocycles. The molecule has 1 N–H and O–H groups in total. The van der Waals surface area contributed by atoms with Crippen LogP contribution in [0.15, 0.2) is 66.9 Å². The third-order valence-electron chi connectivity index (χ3n) is 3.89. The molecule has 0 bridgehead atoms. The molecule has 138 valence electrons. The minimum atomic E-state index is -0.301. The molecule has 2 aromatic carbocycles. The molecule has 0 aliphatic carbocycles. The van der Waals surface area contributed by atoms with Crippen LogP contribution in [0.3, 0.4) is 0 Å². The van der Waals surface area contributed by atoms with E-state index in [1.165, 1.54) is 0 Å². The lowest BCUT2D eigenvalue weighted by atomic mass is 10.2. The van der Waals surface area contributed by atoms with Crippen molar-refractivity contribution in [1.29, 1.82) is 0 Å². The van der Waals surface area contributed by atoms with Crippen molar-refractivity contribution in [3.05, 3.63) is 88.7 Å². The molecule has 0 spiro atoms. The summed E-state index contributed by atoms with van der Waals surface area (Å²) in [6.07, 6.45) is 1.54. The topological polar surface area (TPSA) is 60.5 Å². The first-order chi connectivity index (χ1) is 13.2. The lowest BCUT2D eigenvalue weighted by Gasteiger charge is -2.09. The van der Waals surface area contributed by atoms with Crippen LogP contribution >= 0.6 is 11.6 Å². The number of rotatable bonds is 7. The number of nitrogens with zero attached hydrogens (tertiary/aromatic N) is 1. The quantitative estimate of drug-likeness (QED) is 0.601. The summed E-state index contributed by atoms with van der Waals surface area (Å²) in [5.41, 5.74) is 3.02. The highest BCUT2D eigenvalue weighted by molar-refractivity contribution is 6.33. The highest BCUT2D eigenvalue weighted by atomic mass is 35.5. The van der Waals surface area contributed by atoms with Gasteiger partial charge in [-0.2, -0.15) is 0 Å². The lowest BCUT2D eigenvalue weighted by Crippen LogP contribution is -2.13. The van der Waals surface area contributed by atoms with Crippen molar-refractivity contribution >= 4 is 23.2 Å². The summed E-state index contributed by atoms with van der Waals surface area (Å²) in [6, 6.07) is 18.5. The van der Waals surface area contributed by atoms with Gasteiger partial charge in [-0.1, -0.05) is 35.9 Å². The van der Waals surface area contributed by atoms with Gasteiger partial charge in [-0.25, -0.2) is 4.98 Å². The van der Waals surface area contributed by atoms with Gasteiger partial charge in [-0.15, -0.1) is 0 Å². The fourth-order valence-electron chi connectivity index (χ4n) is 2.50. The molecule has 0 radical (unpaired) electrons. The average molecular weight is 383 g/mol. The van der Waals surface area contributed by atoms with Gasteiger partial charge in [0.1, 0.15) is 10.9 Å². The molecule has 27 heavy (non-hydrogen) atoms. The van der Waals surface area contributed by atoms with Crippen LogP contribution < -0.4 is 10.1 Å². The fourth-order valence-corrected chi connectivity index (χ4v) is 2.71.